The van der Waals surface area contributed by atoms with E-state index in [9.17, 15) is 5.11 Å². The lowest BCUT2D eigenvalue weighted by atomic mass is 10.2. The molecule has 6 nitrogen and oxygen atoms in total. The summed E-state index contributed by atoms with van der Waals surface area (Å²) in [6, 6.07) is 14.3. The molecule has 124 valence electrons. The number of ether oxygens (including phenoxy) is 2. The summed E-state index contributed by atoms with van der Waals surface area (Å²) in [5.41, 5.74) is 1.08. The second kappa shape index (κ2) is 7.18. The van der Waals surface area contributed by atoms with E-state index in [4.69, 9.17) is 21.7 Å². The molecule has 0 saturated heterocycles. The first-order valence-corrected chi connectivity index (χ1v) is 7.75. The molecular formula is C17H17N3O3S. The first kappa shape index (κ1) is 16.1. The number of aromatic nitrogens is 3. The lowest BCUT2D eigenvalue weighted by molar-refractivity contribution is 0.289. The van der Waals surface area contributed by atoms with E-state index < -0.39 is 0 Å². The molecule has 0 atom stereocenters. The summed E-state index contributed by atoms with van der Waals surface area (Å²) in [4.78, 5) is 0. The van der Waals surface area contributed by atoms with Crippen LogP contribution in [0, 0.1) is 4.77 Å². The minimum atomic E-state index is 0.199. The largest absolute Gasteiger partial charge is 0.508 e. The second-order valence-electron chi connectivity index (χ2n) is 5.16. The lowest BCUT2D eigenvalue weighted by Gasteiger charge is -2.09. The Morgan fingerprint density at radius 2 is 1.75 bits per heavy atom. The molecule has 0 unspecified atom stereocenters. The van der Waals surface area contributed by atoms with Crippen LogP contribution in [0.2, 0.25) is 0 Å². The second-order valence-corrected chi connectivity index (χ2v) is 5.55. The van der Waals surface area contributed by atoms with Crippen LogP contribution in [0.1, 0.15) is 11.4 Å². The lowest BCUT2D eigenvalue weighted by Crippen LogP contribution is -2.08. The van der Waals surface area contributed by atoms with Gasteiger partial charge in [-0.25, -0.2) is 0 Å². The molecule has 0 spiro atoms. The molecule has 0 radical (unpaired) electrons. The SMILES string of the molecule is COc1ccc(Cn2c(COc3ccc(O)cc3)n[nH]c2=S)cc1. The van der Waals surface area contributed by atoms with Crippen molar-refractivity contribution in [2.75, 3.05) is 7.11 Å². The molecule has 1 aromatic heterocycles. The van der Waals surface area contributed by atoms with Gasteiger partial charge >= 0.3 is 0 Å². The number of nitrogens with zero attached hydrogens (tertiary/aromatic N) is 2. The molecule has 0 fully saturated rings. The summed E-state index contributed by atoms with van der Waals surface area (Å²) in [6.07, 6.45) is 0. The molecule has 0 aliphatic rings. The Labute approximate surface area is 144 Å². The predicted octanol–water partition coefficient (Wildman–Crippen LogP) is 3.28. The Morgan fingerprint density at radius 1 is 1.08 bits per heavy atom. The number of phenolic OH excluding ortho intramolecular Hbond substituents is 1. The van der Waals surface area contributed by atoms with Crippen molar-refractivity contribution >= 4 is 12.2 Å². The van der Waals surface area contributed by atoms with Crippen molar-refractivity contribution in [1.82, 2.24) is 14.8 Å². The van der Waals surface area contributed by atoms with Gasteiger partial charge in [-0.05, 0) is 54.2 Å². The van der Waals surface area contributed by atoms with E-state index in [-0.39, 0.29) is 12.4 Å². The van der Waals surface area contributed by atoms with Gasteiger partial charge in [0.05, 0.1) is 13.7 Å². The number of benzene rings is 2. The molecule has 1 heterocycles. The third-order valence-electron chi connectivity index (χ3n) is 3.54. The smallest absolute Gasteiger partial charge is 0.195 e. The van der Waals surface area contributed by atoms with Gasteiger partial charge in [-0.1, -0.05) is 12.1 Å². The predicted molar refractivity (Wildman–Crippen MR) is 91.9 cm³/mol. The molecule has 24 heavy (non-hydrogen) atoms. The fourth-order valence-corrected chi connectivity index (χ4v) is 2.44. The quantitative estimate of drug-likeness (QED) is 0.672. The van der Waals surface area contributed by atoms with E-state index >= 15 is 0 Å². The van der Waals surface area contributed by atoms with Crippen molar-refractivity contribution in [2.45, 2.75) is 13.2 Å². The highest BCUT2D eigenvalue weighted by Gasteiger charge is 2.08. The summed E-state index contributed by atoms with van der Waals surface area (Å²) in [7, 11) is 1.64. The zero-order valence-corrected chi connectivity index (χ0v) is 13.9. The number of rotatable bonds is 6. The summed E-state index contributed by atoms with van der Waals surface area (Å²) >= 11 is 5.30. The van der Waals surface area contributed by atoms with Crippen molar-refractivity contribution < 1.29 is 14.6 Å². The summed E-state index contributed by atoms with van der Waals surface area (Å²) in [5, 5.41) is 16.3. The Kier molecular flexibility index (Phi) is 4.81. The van der Waals surface area contributed by atoms with Gasteiger partial charge in [0, 0.05) is 0 Å². The van der Waals surface area contributed by atoms with Crippen LogP contribution in [-0.4, -0.2) is 27.0 Å². The monoisotopic (exact) mass is 343 g/mol. The number of phenols is 1. The third kappa shape index (κ3) is 3.75. The van der Waals surface area contributed by atoms with Gasteiger partial charge in [0.1, 0.15) is 23.9 Å². The van der Waals surface area contributed by atoms with Crippen molar-refractivity contribution in [3.05, 3.63) is 64.7 Å². The molecular weight excluding hydrogens is 326 g/mol. The Balaban J connectivity index is 1.73. The number of methoxy groups -OCH3 is 1. The average Bonchev–Trinajstić information content (AvgIpc) is 2.95. The zero-order valence-electron chi connectivity index (χ0n) is 13.1. The van der Waals surface area contributed by atoms with Crippen molar-refractivity contribution in [3.8, 4) is 17.2 Å². The number of aromatic amines is 1. The van der Waals surface area contributed by atoms with Crippen LogP contribution in [0.3, 0.4) is 0 Å². The molecule has 0 saturated carbocycles. The van der Waals surface area contributed by atoms with Crippen LogP contribution < -0.4 is 9.47 Å². The summed E-state index contributed by atoms with van der Waals surface area (Å²) < 4.78 is 13.3. The maximum Gasteiger partial charge on any atom is 0.195 e. The zero-order chi connectivity index (χ0) is 16.9. The Bertz CT molecular complexity index is 854. The van der Waals surface area contributed by atoms with Crippen LogP contribution in [0.25, 0.3) is 0 Å². The van der Waals surface area contributed by atoms with Crippen LogP contribution in [0.4, 0.5) is 0 Å². The fraction of sp³-hybridized carbons (Fsp3) is 0.176. The number of hydrogen-bond acceptors (Lipinski definition) is 5. The molecule has 3 aromatic rings. The van der Waals surface area contributed by atoms with E-state index in [0.29, 0.717) is 22.9 Å². The van der Waals surface area contributed by atoms with Crippen molar-refractivity contribution in [2.24, 2.45) is 0 Å². The minimum Gasteiger partial charge on any atom is -0.508 e. The molecule has 3 rings (SSSR count). The topological polar surface area (TPSA) is 72.3 Å². The number of H-pyrrole nitrogens is 1. The van der Waals surface area contributed by atoms with Crippen molar-refractivity contribution in [3.63, 3.8) is 0 Å². The van der Waals surface area contributed by atoms with E-state index in [2.05, 4.69) is 10.2 Å². The highest BCUT2D eigenvalue weighted by Crippen LogP contribution is 2.18. The average molecular weight is 343 g/mol. The molecule has 7 heteroatoms. The molecule has 2 aromatic carbocycles. The van der Waals surface area contributed by atoms with E-state index in [1.165, 1.54) is 0 Å². The molecule has 2 N–H and O–H groups in total. The molecule has 0 aliphatic carbocycles. The maximum atomic E-state index is 9.29. The fourth-order valence-electron chi connectivity index (χ4n) is 2.23. The van der Waals surface area contributed by atoms with Crippen LogP contribution in [-0.2, 0) is 13.2 Å². The van der Waals surface area contributed by atoms with Crippen LogP contribution >= 0.6 is 12.2 Å². The minimum absolute atomic E-state index is 0.199. The van der Waals surface area contributed by atoms with Gasteiger partial charge in [-0.3, -0.25) is 9.67 Å². The van der Waals surface area contributed by atoms with Gasteiger partial charge in [0.2, 0.25) is 0 Å². The Hall–Kier alpha value is -2.80. The van der Waals surface area contributed by atoms with Gasteiger partial charge < -0.3 is 14.6 Å². The first-order chi connectivity index (χ1) is 11.7. The number of aromatic hydroxyl groups is 1. The van der Waals surface area contributed by atoms with Gasteiger partial charge in [0.15, 0.2) is 10.6 Å². The number of nitrogens with one attached hydrogen (secondary N) is 1. The van der Waals surface area contributed by atoms with Gasteiger partial charge in [-0.15, -0.1) is 0 Å². The molecule has 0 aliphatic heterocycles. The maximum absolute atomic E-state index is 9.29. The van der Waals surface area contributed by atoms with E-state index in [0.717, 1.165) is 11.3 Å². The third-order valence-corrected chi connectivity index (χ3v) is 3.85. The summed E-state index contributed by atoms with van der Waals surface area (Å²) in [6.45, 7) is 0.863. The molecule has 0 bridgehead atoms. The van der Waals surface area contributed by atoms with E-state index in [1.54, 1.807) is 31.4 Å². The highest BCUT2D eigenvalue weighted by molar-refractivity contribution is 7.71. The van der Waals surface area contributed by atoms with Crippen molar-refractivity contribution in [1.29, 1.82) is 0 Å². The van der Waals surface area contributed by atoms with Crippen LogP contribution in [0.15, 0.2) is 48.5 Å². The number of hydrogen-bond donors (Lipinski definition) is 2. The van der Waals surface area contributed by atoms with Gasteiger partial charge in [-0.2, -0.15) is 5.10 Å². The highest BCUT2D eigenvalue weighted by atomic mass is 32.1. The summed E-state index contributed by atoms with van der Waals surface area (Å²) in [5.74, 6) is 2.36. The normalized spacial score (nSPS) is 10.5. The van der Waals surface area contributed by atoms with E-state index in [1.807, 2.05) is 28.8 Å². The van der Waals surface area contributed by atoms with Gasteiger partial charge in [0.25, 0.3) is 0 Å². The standard InChI is InChI=1S/C17H17N3O3S/c1-22-14-6-2-12(3-7-14)10-20-16(18-19-17(20)24)11-23-15-8-4-13(21)5-9-15/h2-9,21H,10-11H2,1H3,(H,19,24). The molecule has 0 amide bonds. The van der Waals surface area contributed by atoms with Crippen LogP contribution in [0.5, 0.6) is 17.2 Å². The Morgan fingerprint density at radius 3 is 2.42 bits per heavy atom. The first-order valence-electron chi connectivity index (χ1n) is 7.34.